The first-order chi connectivity index (χ1) is 11.6. The molecule has 1 atom stereocenters. The van der Waals surface area contributed by atoms with Crippen molar-refractivity contribution in [3.05, 3.63) is 65.7 Å². The van der Waals surface area contributed by atoms with E-state index in [2.05, 4.69) is 10.6 Å². The van der Waals surface area contributed by atoms with Crippen molar-refractivity contribution < 1.29 is 19.1 Å². The third kappa shape index (κ3) is 5.40. The van der Waals surface area contributed by atoms with Gasteiger partial charge in [0.2, 0.25) is 0 Å². The highest BCUT2D eigenvalue weighted by Crippen LogP contribution is 2.08. The van der Waals surface area contributed by atoms with E-state index in [0.717, 1.165) is 0 Å². The molecule has 0 fully saturated rings. The summed E-state index contributed by atoms with van der Waals surface area (Å²) in [5.74, 6) is -0.389. The smallest absolute Gasteiger partial charge is 0.267 e. The highest BCUT2D eigenvalue weighted by molar-refractivity contribution is 6.05. The van der Waals surface area contributed by atoms with E-state index in [9.17, 15) is 14.7 Å². The van der Waals surface area contributed by atoms with Crippen LogP contribution in [0.25, 0.3) is 6.08 Å². The Balaban J connectivity index is 2.11. The molecule has 1 unspecified atom stereocenters. The molecule has 3 N–H and O–H groups in total. The molecule has 2 rings (SSSR count). The lowest BCUT2D eigenvalue weighted by Crippen LogP contribution is -2.35. The first kappa shape index (κ1) is 17.5. The Hall–Kier alpha value is -2.86. The Kier molecular flexibility index (Phi) is 6.33. The van der Waals surface area contributed by atoms with Crippen LogP contribution in [0.1, 0.15) is 29.5 Å². The van der Waals surface area contributed by atoms with Gasteiger partial charge in [0.1, 0.15) is 11.5 Å². The number of benzene rings is 1. The zero-order valence-electron chi connectivity index (χ0n) is 13.4. The maximum atomic E-state index is 12.3. The minimum Gasteiger partial charge on any atom is -0.465 e. The molecule has 0 aliphatic heterocycles. The molecule has 0 saturated heterocycles. The summed E-state index contributed by atoms with van der Waals surface area (Å²) in [5.41, 5.74) is 0.518. The number of hydrogen-bond donors (Lipinski definition) is 3. The Bertz CT molecular complexity index is 691. The van der Waals surface area contributed by atoms with Gasteiger partial charge in [0, 0.05) is 18.2 Å². The van der Waals surface area contributed by atoms with Crippen molar-refractivity contribution in [1.29, 1.82) is 0 Å². The van der Waals surface area contributed by atoms with Crippen LogP contribution in [0.5, 0.6) is 0 Å². The predicted molar refractivity (Wildman–Crippen MR) is 89.9 cm³/mol. The molecule has 6 heteroatoms. The largest absolute Gasteiger partial charge is 0.465 e. The van der Waals surface area contributed by atoms with Crippen LogP contribution >= 0.6 is 0 Å². The first-order valence-electron chi connectivity index (χ1n) is 7.64. The SMILES string of the molecule is CC(O)CCNC(=O)/C(=C/c1ccco1)NC(=O)c1ccccc1. The topological polar surface area (TPSA) is 91.6 Å². The quantitative estimate of drug-likeness (QED) is 0.677. The van der Waals surface area contributed by atoms with Gasteiger partial charge in [-0.3, -0.25) is 9.59 Å². The number of nitrogens with one attached hydrogen (secondary N) is 2. The summed E-state index contributed by atoms with van der Waals surface area (Å²) in [5, 5.41) is 14.5. The van der Waals surface area contributed by atoms with E-state index in [0.29, 0.717) is 24.3 Å². The second-order valence-corrected chi connectivity index (χ2v) is 5.29. The number of furan rings is 1. The lowest BCUT2D eigenvalue weighted by atomic mass is 10.2. The molecule has 2 aromatic rings. The fourth-order valence-corrected chi connectivity index (χ4v) is 1.95. The van der Waals surface area contributed by atoms with Gasteiger partial charge in [-0.1, -0.05) is 18.2 Å². The van der Waals surface area contributed by atoms with E-state index in [4.69, 9.17) is 4.42 Å². The number of aliphatic hydroxyl groups is 1. The normalized spacial score (nSPS) is 12.5. The molecular weight excluding hydrogens is 308 g/mol. The first-order valence-corrected chi connectivity index (χ1v) is 7.64. The van der Waals surface area contributed by atoms with Crippen molar-refractivity contribution in [1.82, 2.24) is 10.6 Å². The van der Waals surface area contributed by atoms with Gasteiger partial charge in [0.05, 0.1) is 12.4 Å². The maximum Gasteiger partial charge on any atom is 0.267 e. The predicted octanol–water partition coefficient (Wildman–Crippen LogP) is 1.94. The summed E-state index contributed by atoms with van der Waals surface area (Å²) in [6, 6.07) is 12.0. The number of carbonyl (C=O) groups is 2. The van der Waals surface area contributed by atoms with Gasteiger partial charge >= 0.3 is 0 Å². The van der Waals surface area contributed by atoms with Crippen LogP contribution in [0.15, 0.2) is 58.8 Å². The van der Waals surface area contributed by atoms with Crippen molar-refractivity contribution in [2.24, 2.45) is 0 Å². The fourth-order valence-electron chi connectivity index (χ4n) is 1.95. The number of carbonyl (C=O) groups excluding carboxylic acids is 2. The molecule has 1 heterocycles. The average molecular weight is 328 g/mol. The summed E-state index contributed by atoms with van der Waals surface area (Å²) in [6.45, 7) is 1.94. The van der Waals surface area contributed by atoms with Gasteiger partial charge in [0.15, 0.2) is 0 Å². The molecule has 24 heavy (non-hydrogen) atoms. The third-order valence-electron chi connectivity index (χ3n) is 3.21. The molecule has 1 aromatic heterocycles. The van der Waals surface area contributed by atoms with Gasteiger partial charge in [-0.05, 0) is 37.6 Å². The third-order valence-corrected chi connectivity index (χ3v) is 3.21. The second-order valence-electron chi connectivity index (χ2n) is 5.29. The van der Waals surface area contributed by atoms with Crippen molar-refractivity contribution in [2.45, 2.75) is 19.4 Å². The molecule has 0 radical (unpaired) electrons. The molecule has 2 amide bonds. The Labute approximate surface area is 140 Å². The molecule has 1 aromatic carbocycles. The van der Waals surface area contributed by atoms with Crippen LogP contribution < -0.4 is 10.6 Å². The number of hydrogen-bond acceptors (Lipinski definition) is 4. The zero-order valence-corrected chi connectivity index (χ0v) is 13.4. The van der Waals surface area contributed by atoms with Crippen molar-refractivity contribution in [2.75, 3.05) is 6.54 Å². The fraction of sp³-hybridized carbons (Fsp3) is 0.222. The van der Waals surface area contributed by atoms with Crippen LogP contribution in [0.4, 0.5) is 0 Å². The average Bonchev–Trinajstić information content (AvgIpc) is 3.07. The van der Waals surface area contributed by atoms with Crippen molar-refractivity contribution in [3.8, 4) is 0 Å². The summed E-state index contributed by atoms with van der Waals surface area (Å²) < 4.78 is 5.20. The lowest BCUT2D eigenvalue weighted by Gasteiger charge is -2.11. The molecular formula is C18H20N2O4. The maximum absolute atomic E-state index is 12.3. The Morgan fingerprint density at radius 2 is 1.96 bits per heavy atom. The summed E-state index contributed by atoms with van der Waals surface area (Å²) in [4.78, 5) is 24.6. The van der Waals surface area contributed by atoms with E-state index >= 15 is 0 Å². The molecule has 0 saturated carbocycles. The Morgan fingerprint density at radius 1 is 1.21 bits per heavy atom. The van der Waals surface area contributed by atoms with Crippen LogP contribution in [-0.2, 0) is 4.79 Å². The van der Waals surface area contributed by atoms with Gasteiger partial charge in [-0.25, -0.2) is 0 Å². The van der Waals surface area contributed by atoms with Crippen LogP contribution in [0.3, 0.4) is 0 Å². The second kappa shape index (κ2) is 8.69. The minimum absolute atomic E-state index is 0.0735. The number of aliphatic hydroxyl groups excluding tert-OH is 1. The monoisotopic (exact) mass is 328 g/mol. The summed E-state index contributed by atoms with van der Waals surface area (Å²) in [7, 11) is 0. The highest BCUT2D eigenvalue weighted by Gasteiger charge is 2.15. The molecule has 0 aliphatic carbocycles. The van der Waals surface area contributed by atoms with Crippen LogP contribution in [-0.4, -0.2) is 29.6 Å². The molecule has 6 nitrogen and oxygen atoms in total. The zero-order chi connectivity index (χ0) is 17.4. The van der Waals surface area contributed by atoms with Gasteiger partial charge in [-0.15, -0.1) is 0 Å². The van der Waals surface area contributed by atoms with E-state index < -0.39 is 12.0 Å². The highest BCUT2D eigenvalue weighted by atomic mass is 16.3. The standard InChI is InChI=1S/C18H20N2O4/c1-13(21)9-10-19-18(23)16(12-15-8-5-11-24-15)20-17(22)14-6-3-2-4-7-14/h2-8,11-13,21H,9-10H2,1H3,(H,19,23)(H,20,22)/b16-12-. The van der Waals surface area contributed by atoms with Crippen molar-refractivity contribution in [3.63, 3.8) is 0 Å². The van der Waals surface area contributed by atoms with Crippen molar-refractivity contribution >= 4 is 17.9 Å². The minimum atomic E-state index is -0.512. The number of amides is 2. The van der Waals surface area contributed by atoms with E-state index in [1.165, 1.54) is 12.3 Å². The van der Waals surface area contributed by atoms with E-state index in [1.807, 2.05) is 0 Å². The van der Waals surface area contributed by atoms with Gasteiger partial charge < -0.3 is 20.2 Å². The molecule has 126 valence electrons. The molecule has 0 aliphatic rings. The van der Waals surface area contributed by atoms with Gasteiger partial charge in [-0.2, -0.15) is 0 Å². The van der Waals surface area contributed by atoms with E-state index in [-0.39, 0.29) is 11.6 Å². The van der Waals surface area contributed by atoms with Gasteiger partial charge in [0.25, 0.3) is 11.8 Å². The summed E-state index contributed by atoms with van der Waals surface area (Å²) in [6.07, 6.45) is 2.85. The Morgan fingerprint density at radius 3 is 2.58 bits per heavy atom. The van der Waals surface area contributed by atoms with Crippen LogP contribution in [0.2, 0.25) is 0 Å². The number of rotatable bonds is 7. The lowest BCUT2D eigenvalue weighted by molar-refractivity contribution is -0.117. The summed E-state index contributed by atoms with van der Waals surface area (Å²) >= 11 is 0. The molecule has 0 bridgehead atoms. The van der Waals surface area contributed by atoms with E-state index in [1.54, 1.807) is 49.4 Å². The molecule has 0 spiro atoms. The van der Waals surface area contributed by atoms with Crippen LogP contribution in [0, 0.1) is 0 Å².